The molecule has 1 fully saturated rings. The van der Waals surface area contributed by atoms with E-state index < -0.39 is 6.04 Å². The number of imidazole rings is 1. The second-order valence-corrected chi connectivity index (χ2v) is 8.12. The van der Waals surface area contributed by atoms with Crippen molar-refractivity contribution in [2.45, 2.75) is 64.1 Å². The van der Waals surface area contributed by atoms with Gasteiger partial charge in [0.25, 0.3) is 0 Å². The summed E-state index contributed by atoms with van der Waals surface area (Å²) in [5.41, 5.74) is 8.08. The van der Waals surface area contributed by atoms with Crippen molar-refractivity contribution in [1.82, 2.24) is 14.5 Å². The van der Waals surface area contributed by atoms with Gasteiger partial charge in [-0.15, -0.1) is 0 Å². The van der Waals surface area contributed by atoms with Crippen LogP contribution in [0.3, 0.4) is 0 Å². The van der Waals surface area contributed by atoms with Crippen molar-refractivity contribution in [3.05, 3.63) is 42.4 Å². The fourth-order valence-electron chi connectivity index (χ4n) is 4.63. The van der Waals surface area contributed by atoms with Gasteiger partial charge in [0.15, 0.2) is 0 Å². The zero-order valence-corrected chi connectivity index (χ0v) is 16.2. The van der Waals surface area contributed by atoms with E-state index in [0.717, 1.165) is 36.6 Å². The SMILES string of the molecule is C[C@H](N)C(=O)N1CCn2cc(-c3ccccc3)nc2[C@@H]1CC1CCCCC1. The Kier molecular flexibility index (Phi) is 5.30. The van der Waals surface area contributed by atoms with Crippen LogP contribution in [0.5, 0.6) is 0 Å². The summed E-state index contributed by atoms with van der Waals surface area (Å²) in [6.07, 6.45) is 9.64. The second-order valence-electron chi connectivity index (χ2n) is 8.12. The first-order valence-corrected chi connectivity index (χ1v) is 10.3. The number of nitrogens with two attached hydrogens (primary N) is 1. The van der Waals surface area contributed by atoms with Gasteiger partial charge in [-0.25, -0.2) is 4.98 Å². The van der Waals surface area contributed by atoms with Gasteiger partial charge in [0, 0.05) is 24.8 Å². The minimum atomic E-state index is -0.464. The van der Waals surface area contributed by atoms with Gasteiger partial charge >= 0.3 is 0 Å². The Morgan fingerprint density at radius 2 is 1.93 bits per heavy atom. The number of hydrogen-bond donors (Lipinski definition) is 1. The van der Waals surface area contributed by atoms with Gasteiger partial charge in [-0.1, -0.05) is 62.4 Å². The molecule has 0 radical (unpaired) electrons. The number of fused-ring (bicyclic) bond motifs is 1. The number of nitrogens with zero attached hydrogens (tertiary/aromatic N) is 3. The Balaban J connectivity index is 1.66. The molecule has 1 aliphatic carbocycles. The fraction of sp³-hybridized carbons (Fsp3) is 0.545. The lowest BCUT2D eigenvalue weighted by Gasteiger charge is -2.39. The molecule has 5 nitrogen and oxygen atoms in total. The lowest BCUT2D eigenvalue weighted by atomic mass is 9.84. The Hall–Kier alpha value is -2.14. The van der Waals surface area contributed by atoms with E-state index in [0.29, 0.717) is 5.92 Å². The minimum Gasteiger partial charge on any atom is -0.331 e. The zero-order valence-electron chi connectivity index (χ0n) is 16.2. The Bertz CT molecular complexity index is 777. The molecule has 0 unspecified atom stereocenters. The smallest absolute Gasteiger partial charge is 0.239 e. The quantitative estimate of drug-likeness (QED) is 0.896. The van der Waals surface area contributed by atoms with E-state index >= 15 is 0 Å². The lowest BCUT2D eigenvalue weighted by molar-refractivity contribution is -0.136. The number of carbonyl (C=O) groups is 1. The van der Waals surface area contributed by atoms with Crippen molar-refractivity contribution >= 4 is 5.91 Å². The molecule has 1 aromatic carbocycles. The Labute approximate surface area is 161 Å². The number of amides is 1. The number of benzene rings is 1. The highest BCUT2D eigenvalue weighted by molar-refractivity contribution is 5.81. The Morgan fingerprint density at radius 1 is 1.19 bits per heavy atom. The van der Waals surface area contributed by atoms with Gasteiger partial charge in [0.2, 0.25) is 5.91 Å². The van der Waals surface area contributed by atoms with E-state index in [9.17, 15) is 4.79 Å². The highest BCUT2D eigenvalue weighted by atomic mass is 16.2. The molecule has 1 saturated carbocycles. The summed E-state index contributed by atoms with van der Waals surface area (Å²) in [5, 5.41) is 0. The van der Waals surface area contributed by atoms with E-state index in [1.807, 2.05) is 23.1 Å². The van der Waals surface area contributed by atoms with Crippen molar-refractivity contribution in [1.29, 1.82) is 0 Å². The van der Waals surface area contributed by atoms with Crippen LogP contribution in [0.1, 0.15) is 57.3 Å². The molecule has 2 N–H and O–H groups in total. The zero-order chi connectivity index (χ0) is 18.8. The van der Waals surface area contributed by atoms with Gasteiger partial charge in [0.1, 0.15) is 5.82 Å². The van der Waals surface area contributed by atoms with Crippen LogP contribution in [0.25, 0.3) is 11.3 Å². The molecule has 2 atom stereocenters. The van der Waals surface area contributed by atoms with Gasteiger partial charge < -0.3 is 15.2 Å². The van der Waals surface area contributed by atoms with Gasteiger partial charge in [-0.2, -0.15) is 0 Å². The second kappa shape index (κ2) is 7.85. The van der Waals surface area contributed by atoms with Crippen LogP contribution < -0.4 is 5.73 Å². The van der Waals surface area contributed by atoms with Crippen LogP contribution in [0, 0.1) is 5.92 Å². The average molecular weight is 367 g/mol. The average Bonchev–Trinajstić information content (AvgIpc) is 3.14. The summed E-state index contributed by atoms with van der Waals surface area (Å²) >= 11 is 0. The first-order chi connectivity index (χ1) is 13.1. The van der Waals surface area contributed by atoms with Gasteiger partial charge in [-0.05, 0) is 19.3 Å². The molecular formula is C22H30N4O. The van der Waals surface area contributed by atoms with Gasteiger partial charge in [0.05, 0.1) is 17.8 Å². The summed E-state index contributed by atoms with van der Waals surface area (Å²) in [5.74, 6) is 1.75. The normalized spacial score (nSPS) is 21.7. The highest BCUT2D eigenvalue weighted by Gasteiger charge is 2.35. The molecule has 5 heteroatoms. The van der Waals surface area contributed by atoms with Crippen molar-refractivity contribution in [3.63, 3.8) is 0 Å². The lowest BCUT2D eigenvalue weighted by Crippen LogP contribution is -2.48. The maximum absolute atomic E-state index is 12.8. The van der Waals surface area contributed by atoms with E-state index in [-0.39, 0.29) is 11.9 Å². The van der Waals surface area contributed by atoms with Crippen LogP contribution in [-0.4, -0.2) is 32.9 Å². The van der Waals surface area contributed by atoms with Crippen molar-refractivity contribution in [2.24, 2.45) is 11.7 Å². The predicted octanol–water partition coefficient (Wildman–Crippen LogP) is 3.75. The summed E-state index contributed by atoms with van der Waals surface area (Å²) in [6.45, 7) is 3.29. The molecule has 2 aromatic rings. The number of aromatic nitrogens is 2. The summed E-state index contributed by atoms with van der Waals surface area (Å²) < 4.78 is 2.25. The molecule has 1 amide bonds. The van der Waals surface area contributed by atoms with Crippen LogP contribution in [0.15, 0.2) is 36.5 Å². The van der Waals surface area contributed by atoms with Crippen molar-refractivity contribution < 1.29 is 4.79 Å². The maximum atomic E-state index is 12.8. The number of carbonyl (C=O) groups excluding carboxylic acids is 1. The van der Waals surface area contributed by atoms with Crippen LogP contribution in [0.4, 0.5) is 0 Å². The van der Waals surface area contributed by atoms with E-state index in [1.165, 1.54) is 32.1 Å². The number of rotatable bonds is 4. The summed E-state index contributed by atoms with van der Waals surface area (Å²) in [7, 11) is 0. The topological polar surface area (TPSA) is 64.2 Å². The third-order valence-corrected chi connectivity index (χ3v) is 6.09. The highest BCUT2D eigenvalue weighted by Crippen LogP contribution is 2.37. The van der Waals surface area contributed by atoms with Crippen LogP contribution in [0.2, 0.25) is 0 Å². The molecule has 1 aromatic heterocycles. The third-order valence-electron chi connectivity index (χ3n) is 6.09. The molecule has 0 bridgehead atoms. The van der Waals surface area contributed by atoms with Gasteiger partial charge in [-0.3, -0.25) is 4.79 Å². The van der Waals surface area contributed by atoms with Crippen molar-refractivity contribution in [2.75, 3.05) is 6.54 Å². The third kappa shape index (κ3) is 3.79. The number of hydrogen-bond acceptors (Lipinski definition) is 3. The fourth-order valence-corrected chi connectivity index (χ4v) is 4.63. The molecular weight excluding hydrogens is 336 g/mol. The standard InChI is InChI=1S/C22H30N4O/c1-16(23)22(27)26-13-12-25-15-19(18-10-6-3-7-11-18)24-21(25)20(26)14-17-8-4-2-5-9-17/h3,6-7,10-11,15-17,20H,2,4-5,8-9,12-14,23H2,1H3/t16-,20-/m0/s1. The monoisotopic (exact) mass is 366 g/mol. The molecule has 1 aliphatic heterocycles. The van der Waals surface area contributed by atoms with Crippen LogP contribution in [-0.2, 0) is 11.3 Å². The van der Waals surface area contributed by atoms with E-state index in [4.69, 9.17) is 10.7 Å². The maximum Gasteiger partial charge on any atom is 0.239 e. The molecule has 144 valence electrons. The first-order valence-electron chi connectivity index (χ1n) is 10.3. The van der Waals surface area contributed by atoms with E-state index in [1.54, 1.807) is 6.92 Å². The first kappa shape index (κ1) is 18.2. The molecule has 27 heavy (non-hydrogen) atoms. The molecule has 2 aliphatic rings. The van der Waals surface area contributed by atoms with Crippen molar-refractivity contribution in [3.8, 4) is 11.3 Å². The molecule has 2 heterocycles. The summed E-state index contributed by atoms with van der Waals surface area (Å²) in [6, 6.07) is 9.86. The largest absolute Gasteiger partial charge is 0.331 e. The van der Waals surface area contributed by atoms with Crippen LogP contribution >= 0.6 is 0 Å². The minimum absolute atomic E-state index is 0.0396. The van der Waals surface area contributed by atoms with E-state index in [2.05, 4.69) is 22.9 Å². The Morgan fingerprint density at radius 3 is 2.63 bits per heavy atom. The predicted molar refractivity (Wildman–Crippen MR) is 107 cm³/mol. The molecule has 4 rings (SSSR count). The summed E-state index contributed by atoms with van der Waals surface area (Å²) in [4.78, 5) is 19.8. The molecule has 0 saturated heterocycles. The molecule has 0 spiro atoms.